The lowest BCUT2D eigenvalue weighted by Gasteiger charge is -2.26. The van der Waals surface area contributed by atoms with Crippen LogP contribution in [0.2, 0.25) is 0 Å². The van der Waals surface area contributed by atoms with Crippen LogP contribution < -0.4 is 5.32 Å². The van der Waals surface area contributed by atoms with Crippen LogP contribution in [0.5, 0.6) is 0 Å². The molecule has 0 amide bonds. The fourth-order valence-corrected chi connectivity index (χ4v) is 3.67. The van der Waals surface area contributed by atoms with Crippen molar-refractivity contribution in [2.24, 2.45) is 0 Å². The molecule has 0 spiro atoms. The molecule has 0 bridgehead atoms. The van der Waals surface area contributed by atoms with Crippen LogP contribution in [0.25, 0.3) is 22.1 Å². The van der Waals surface area contributed by atoms with E-state index in [0.29, 0.717) is 12.0 Å². The van der Waals surface area contributed by atoms with Crippen LogP contribution in [0.15, 0.2) is 18.5 Å². The van der Waals surface area contributed by atoms with E-state index < -0.39 is 0 Å². The molecule has 0 unspecified atom stereocenters. The highest BCUT2D eigenvalue weighted by atomic mass is 15.1. The predicted molar refractivity (Wildman–Crippen MR) is 82.5 cm³/mol. The number of pyridine rings is 1. The van der Waals surface area contributed by atoms with E-state index in [1.54, 1.807) is 0 Å². The third-order valence-corrected chi connectivity index (χ3v) is 4.88. The van der Waals surface area contributed by atoms with E-state index >= 15 is 0 Å². The van der Waals surface area contributed by atoms with Crippen molar-refractivity contribution in [1.82, 2.24) is 24.8 Å². The Bertz CT molecular complexity index is 805. The second-order valence-electron chi connectivity index (χ2n) is 6.33. The number of nitrogens with one attached hydrogen (secondary N) is 2. The van der Waals surface area contributed by atoms with Crippen LogP contribution in [-0.2, 0) is 0 Å². The third kappa shape index (κ3) is 1.73. The SMILES string of the molecule is c1cc2c(ncc3nc(C4CC4)n(C4CCNCC4)c32)[nH]1. The van der Waals surface area contributed by atoms with Crippen molar-refractivity contribution in [1.29, 1.82) is 0 Å². The van der Waals surface area contributed by atoms with E-state index in [9.17, 15) is 0 Å². The van der Waals surface area contributed by atoms with E-state index in [1.807, 2.05) is 12.4 Å². The molecule has 108 valence electrons. The first-order chi connectivity index (χ1) is 10.4. The first-order valence-electron chi connectivity index (χ1n) is 7.96. The van der Waals surface area contributed by atoms with E-state index in [4.69, 9.17) is 4.98 Å². The van der Waals surface area contributed by atoms with Crippen molar-refractivity contribution >= 4 is 22.1 Å². The van der Waals surface area contributed by atoms with E-state index in [0.717, 1.165) is 24.3 Å². The summed E-state index contributed by atoms with van der Waals surface area (Å²) in [6.07, 6.45) is 8.88. The molecule has 1 saturated carbocycles. The lowest BCUT2D eigenvalue weighted by Crippen LogP contribution is -2.30. The molecule has 0 atom stereocenters. The maximum atomic E-state index is 4.95. The predicted octanol–water partition coefficient (Wildman–Crippen LogP) is 2.71. The Morgan fingerprint density at radius 1 is 1.14 bits per heavy atom. The van der Waals surface area contributed by atoms with Gasteiger partial charge in [-0.25, -0.2) is 9.97 Å². The minimum atomic E-state index is 0.576. The molecule has 2 fully saturated rings. The number of rotatable bonds is 2. The molecule has 2 N–H and O–H groups in total. The molecular formula is C16H19N5. The lowest BCUT2D eigenvalue weighted by molar-refractivity contribution is 0.367. The largest absolute Gasteiger partial charge is 0.346 e. The molecule has 1 aliphatic heterocycles. The second-order valence-corrected chi connectivity index (χ2v) is 6.33. The van der Waals surface area contributed by atoms with Gasteiger partial charge in [0.25, 0.3) is 0 Å². The smallest absolute Gasteiger partial charge is 0.139 e. The Balaban J connectivity index is 1.81. The van der Waals surface area contributed by atoms with Crippen LogP contribution in [0.1, 0.15) is 43.5 Å². The Labute approximate surface area is 122 Å². The number of aromatic nitrogens is 4. The molecule has 1 saturated heterocycles. The summed E-state index contributed by atoms with van der Waals surface area (Å²) in [4.78, 5) is 12.7. The van der Waals surface area contributed by atoms with E-state index in [-0.39, 0.29) is 0 Å². The summed E-state index contributed by atoms with van der Waals surface area (Å²) in [5.41, 5.74) is 3.32. The van der Waals surface area contributed by atoms with Crippen molar-refractivity contribution in [3.63, 3.8) is 0 Å². The summed E-state index contributed by atoms with van der Waals surface area (Å²) in [6.45, 7) is 2.21. The van der Waals surface area contributed by atoms with Crippen molar-refractivity contribution < 1.29 is 0 Å². The van der Waals surface area contributed by atoms with E-state index in [1.165, 1.54) is 42.4 Å². The monoisotopic (exact) mass is 281 g/mol. The fourth-order valence-electron chi connectivity index (χ4n) is 3.67. The van der Waals surface area contributed by atoms with E-state index in [2.05, 4.69) is 25.9 Å². The molecule has 21 heavy (non-hydrogen) atoms. The van der Waals surface area contributed by atoms with Gasteiger partial charge in [-0.2, -0.15) is 0 Å². The average Bonchev–Trinajstić information content (AvgIpc) is 3.12. The minimum Gasteiger partial charge on any atom is -0.346 e. The van der Waals surface area contributed by atoms with Crippen LogP contribution in [0.3, 0.4) is 0 Å². The Kier molecular flexibility index (Phi) is 2.41. The Hall–Kier alpha value is -1.88. The number of H-pyrrole nitrogens is 1. The number of hydrogen-bond acceptors (Lipinski definition) is 3. The topological polar surface area (TPSA) is 58.5 Å². The number of aromatic amines is 1. The molecule has 3 aromatic heterocycles. The molecule has 1 aliphatic carbocycles. The molecule has 5 rings (SSSR count). The molecular weight excluding hydrogens is 262 g/mol. The minimum absolute atomic E-state index is 0.576. The third-order valence-electron chi connectivity index (χ3n) is 4.88. The lowest BCUT2D eigenvalue weighted by atomic mass is 10.1. The first-order valence-corrected chi connectivity index (χ1v) is 7.96. The highest BCUT2D eigenvalue weighted by molar-refractivity contribution is 6.01. The first kappa shape index (κ1) is 11.7. The molecule has 3 aromatic rings. The van der Waals surface area contributed by atoms with Crippen LogP contribution >= 0.6 is 0 Å². The number of imidazole rings is 1. The standard InChI is InChI=1S/C16H19N5/c1-2-10(1)16-20-13-9-19-15-12(5-8-18-15)14(13)21(16)11-3-6-17-7-4-11/h5,8-11,17H,1-4,6-7H2,(H,18,19). The Morgan fingerprint density at radius 3 is 2.81 bits per heavy atom. The van der Waals surface area contributed by atoms with Gasteiger partial charge in [0.05, 0.1) is 11.7 Å². The summed E-state index contributed by atoms with van der Waals surface area (Å²) in [6, 6.07) is 2.72. The van der Waals surface area contributed by atoms with Gasteiger partial charge in [0, 0.05) is 23.5 Å². The zero-order valence-electron chi connectivity index (χ0n) is 12.0. The quantitative estimate of drug-likeness (QED) is 0.759. The summed E-state index contributed by atoms with van der Waals surface area (Å²) < 4.78 is 2.55. The van der Waals surface area contributed by atoms with Gasteiger partial charge >= 0.3 is 0 Å². The van der Waals surface area contributed by atoms with Crippen molar-refractivity contribution in [3.05, 3.63) is 24.3 Å². The van der Waals surface area contributed by atoms with Crippen molar-refractivity contribution in [2.75, 3.05) is 13.1 Å². The van der Waals surface area contributed by atoms with Gasteiger partial charge in [-0.15, -0.1) is 0 Å². The van der Waals surface area contributed by atoms with Gasteiger partial charge in [0.2, 0.25) is 0 Å². The van der Waals surface area contributed by atoms with Gasteiger partial charge in [0.15, 0.2) is 0 Å². The molecule has 0 radical (unpaired) electrons. The molecule has 5 nitrogen and oxygen atoms in total. The highest BCUT2D eigenvalue weighted by Crippen LogP contribution is 2.43. The second kappa shape index (κ2) is 4.31. The van der Waals surface area contributed by atoms with Crippen LogP contribution in [0, 0.1) is 0 Å². The summed E-state index contributed by atoms with van der Waals surface area (Å²) in [7, 11) is 0. The number of nitrogens with zero attached hydrogens (tertiary/aromatic N) is 3. The summed E-state index contributed by atoms with van der Waals surface area (Å²) in [5.74, 6) is 1.97. The average molecular weight is 281 g/mol. The van der Waals surface area contributed by atoms with Gasteiger partial charge in [-0.05, 0) is 44.8 Å². The van der Waals surface area contributed by atoms with Gasteiger partial charge in [0.1, 0.15) is 17.0 Å². The number of piperidine rings is 1. The maximum Gasteiger partial charge on any atom is 0.139 e. The zero-order chi connectivity index (χ0) is 13.8. The van der Waals surface area contributed by atoms with Crippen molar-refractivity contribution in [2.45, 2.75) is 37.6 Å². The normalized spacial score (nSPS) is 20.6. The molecule has 4 heterocycles. The molecule has 5 heteroatoms. The van der Waals surface area contributed by atoms with Crippen molar-refractivity contribution in [3.8, 4) is 0 Å². The molecule has 0 aromatic carbocycles. The fraction of sp³-hybridized carbons (Fsp3) is 0.500. The van der Waals surface area contributed by atoms with Crippen LogP contribution in [0.4, 0.5) is 0 Å². The number of fused-ring (bicyclic) bond motifs is 3. The van der Waals surface area contributed by atoms with Gasteiger partial charge in [-0.3, -0.25) is 0 Å². The van der Waals surface area contributed by atoms with Gasteiger partial charge < -0.3 is 14.9 Å². The van der Waals surface area contributed by atoms with Crippen LogP contribution in [-0.4, -0.2) is 32.6 Å². The summed E-state index contributed by atoms with van der Waals surface area (Å²) in [5, 5.41) is 4.68. The molecule has 2 aliphatic rings. The Morgan fingerprint density at radius 2 is 2.00 bits per heavy atom. The zero-order valence-corrected chi connectivity index (χ0v) is 12.0. The highest BCUT2D eigenvalue weighted by Gasteiger charge is 2.32. The van der Waals surface area contributed by atoms with Gasteiger partial charge in [-0.1, -0.05) is 0 Å². The number of hydrogen-bond donors (Lipinski definition) is 2. The maximum absolute atomic E-state index is 4.95. The summed E-state index contributed by atoms with van der Waals surface area (Å²) >= 11 is 0.